The lowest BCUT2D eigenvalue weighted by Crippen LogP contribution is -2.32. The third-order valence-corrected chi connectivity index (χ3v) is 4.37. The van der Waals surface area contributed by atoms with E-state index in [9.17, 15) is 4.79 Å². The molecule has 98 valence electrons. The summed E-state index contributed by atoms with van der Waals surface area (Å²) in [5.74, 6) is 2.36. The van der Waals surface area contributed by atoms with E-state index in [0.29, 0.717) is 17.0 Å². The number of amides is 1. The molecular formula is C14H13BrN2OS. The number of thiophene rings is 1. The second-order valence-corrected chi connectivity index (χ2v) is 6.24. The fourth-order valence-electron chi connectivity index (χ4n) is 1.77. The Morgan fingerprint density at radius 1 is 1.63 bits per heavy atom. The van der Waals surface area contributed by atoms with Gasteiger partial charge in [0.15, 0.2) is 0 Å². The third-order valence-electron chi connectivity index (χ3n) is 2.70. The number of nitrogen functional groups attached to an aromatic ring is 1. The largest absolute Gasteiger partial charge is 0.397 e. The van der Waals surface area contributed by atoms with E-state index in [4.69, 9.17) is 12.2 Å². The van der Waals surface area contributed by atoms with Gasteiger partial charge in [0.05, 0.1) is 5.69 Å². The third kappa shape index (κ3) is 2.91. The van der Waals surface area contributed by atoms with Gasteiger partial charge in [0, 0.05) is 27.0 Å². The SMILES string of the molecule is C#CCC(C)NC(=O)c1sc2ccc(Br)cc2c1N. The number of hydrogen-bond acceptors (Lipinski definition) is 3. The normalized spacial score (nSPS) is 12.1. The number of carbonyl (C=O) groups excluding carboxylic acids is 1. The number of hydrogen-bond donors (Lipinski definition) is 2. The van der Waals surface area contributed by atoms with Crippen LogP contribution in [0.5, 0.6) is 0 Å². The maximum atomic E-state index is 12.1. The molecule has 1 amide bonds. The fraction of sp³-hybridized carbons (Fsp3) is 0.214. The van der Waals surface area contributed by atoms with Gasteiger partial charge >= 0.3 is 0 Å². The molecule has 1 heterocycles. The standard InChI is InChI=1S/C14H13BrN2OS/c1-3-4-8(2)17-14(18)13-12(16)10-7-9(15)5-6-11(10)19-13/h1,5-8H,4,16H2,2H3,(H,17,18). The van der Waals surface area contributed by atoms with Crippen molar-refractivity contribution in [1.82, 2.24) is 5.32 Å². The van der Waals surface area contributed by atoms with Gasteiger partial charge in [0.2, 0.25) is 0 Å². The molecule has 19 heavy (non-hydrogen) atoms. The highest BCUT2D eigenvalue weighted by atomic mass is 79.9. The van der Waals surface area contributed by atoms with Crippen molar-refractivity contribution in [2.75, 3.05) is 5.73 Å². The minimum Gasteiger partial charge on any atom is -0.397 e. The minimum absolute atomic E-state index is 0.0613. The van der Waals surface area contributed by atoms with Gasteiger partial charge in [0.1, 0.15) is 4.88 Å². The lowest BCUT2D eigenvalue weighted by atomic mass is 10.2. The van der Waals surface area contributed by atoms with Gasteiger partial charge in [-0.2, -0.15) is 0 Å². The molecule has 2 rings (SSSR count). The molecule has 5 heteroatoms. The van der Waals surface area contributed by atoms with Crippen LogP contribution in [-0.4, -0.2) is 11.9 Å². The van der Waals surface area contributed by atoms with E-state index in [2.05, 4.69) is 27.2 Å². The molecule has 0 aliphatic rings. The van der Waals surface area contributed by atoms with Gasteiger partial charge in [-0.3, -0.25) is 4.79 Å². The highest BCUT2D eigenvalue weighted by molar-refractivity contribution is 9.10. The van der Waals surface area contributed by atoms with Gasteiger partial charge in [-0.05, 0) is 25.1 Å². The summed E-state index contributed by atoms with van der Waals surface area (Å²) in [6.07, 6.45) is 5.73. The molecular weight excluding hydrogens is 324 g/mol. The van der Waals surface area contributed by atoms with E-state index in [0.717, 1.165) is 14.6 Å². The second-order valence-electron chi connectivity index (χ2n) is 4.27. The van der Waals surface area contributed by atoms with Crippen LogP contribution in [-0.2, 0) is 0 Å². The Bertz CT molecular complexity index is 672. The number of carbonyl (C=O) groups is 1. The van der Waals surface area contributed by atoms with Crippen LogP contribution in [0.25, 0.3) is 10.1 Å². The van der Waals surface area contributed by atoms with Crippen LogP contribution in [0.2, 0.25) is 0 Å². The summed E-state index contributed by atoms with van der Waals surface area (Å²) >= 11 is 4.79. The van der Waals surface area contributed by atoms with E-state index in [1.807, 2.05) is 25.1 Å². The first kappa shape index (κ1) is 13.9. The molecule has 3 N–H and O–H groups in total. The summed E-state index contributed by atoms with van der Waals surface area (Å²) in [4.78, 5) is 12.7. The molecule has 0 spiro atoms. The number of rotatable bonds is 3. The Kier molecular flexibility index (Phi) is 4.13. The number of anilines is 1. The van der Waals surface area contributed by atoms with Gasteiger partial charge in [-0.15, -0.1) is 23.7 Å². The maximum Gasteiger partial charge on any atom is 0.263 e. The zero-order chi connectivity index (χ0) is 14.0. The van der Waals surface area contributed by atoms with E-state index in [1.165, 1.54) is 11.3 Å². The summed E-state index contributed by atoms with van der Waals surface area (Å²) in [7, 11) is 0. The molecule has 0 saturated carbocycles. The zero-order valence-electron chi connectivity index (χ0n) is 10.4. The molecule has 0 saturated heterocycles. The predicted molar refractivity (Wildman–Crippen MR) is 84.3 cm³/mol. The van der Waals surface area contributed by atoms with Crippen LogP contribution >= 0.6 is 27.3 Å². The van der Waals surface area contributed by atoms with E-state index in [1.54, 1.807) is 0 Å². The second kappa shape index (κ2) is 5.64. The maximum absolute atomic E-state index is 12.1. The average molecular weight is 337 g/mol. The molecule has 3 nitrogen and oxygen atoms in total. The first-order valence-electron chi connectivity index (χ1n) is 5.74. The van der Waals surface area contributed by atoms with Crippen LogP contribution in [0.15, 0.2) is 22.7 Å². The van der Waals surface area contributed by atoms with Crippen LogP contribution in [0.4, 0.5) is 5.69 Å². The number of fused-ring (bicyclic) bond motifs is 1. The first-order valence-corrected chi connectivity index (χ1v) is 7.35. The predicted octanol–water partition coefficient (Wildman–Crippen LogP) is 3.39. The molecule has 0 bridgehead atoms. The molecule has 0 radical (unpaired) electrons. The summed E-state index contributed by atoms with van der Waals surface area (Å²) in [6.45, 7) is 1.87. The lowest BCUT2D eigenvalue weighted by molar-refractivity contribution is 0.0946. The number of terminal acetylenes is 1. The Hall–Kier alpha value is -1.51. The lowest BCUT2D eigenvalue weighted by Gasteiger charge is -2.09. The molecule has 1 atom stereocenters. The van der Waals surface area contributed by atoms with E-state index in [-0.39, 0.29) is 11.9 Å². The van der Waals surface area contributed by atoms with Gasteiger partial charge in [-0.25, -0.2) is 0 Å². The van der Waals surface area contributed by atoms with Crippen LogP contribution < -0.4 is 11.1 Å². The number of benzene rings is 1. The number of nitrogens with two attached hydrogens (primary N) is 1. The molecule has 2 aromatic rings. The van der Waals surface area contributed by atoms with Crippen molar-refractivity contribution in [3.05, 3.63) is 27.5 Å². The number of nitrogens with one attached hydrogen (secondary N) is 1. The summed E-state index contributed by atoms with van der Waals surface area (Å²) in [5.41, 5.74) is 6.57. The summed E-state index contributed by atoms with van der Waals surface area (Å²) in [6, 6.07) is 5.74. The van der Waals surface area contributed by atoms with Crippen LogP contribution in [0.1, 0.15) is 23.0 Å². The van der Waals surface area contributed by atoms with Crippen molar-refractivity contribution in [1.29, 1.82) is 0 Å². The topological polar surface area (TPSA) is 55.1 Å². The zero-order valence-corrected chi connectivity index (χ0v) is 12.8. The molecule has 1 aromatic heterocycles. The molecule has 1 aromatic carbocycles. The average Bonchev–Trinajstić information content (AvgIpc) is 2.67. The van der Waals surface area contributed by atoms with Crippen molar-refractivity contribution in [2.45, 2.75) is 19.4 Å². The smallest absolute Gasteiger partial charge is 0.263 e. The molecule has 0 aliphatic carbocycles. The van der Waals surface area contributed by atoms with E-state index < -0.39 is 0 Å². The fourth-order valence-corrected chi connectivity index (χ4v) is 3.14. The first-order chi connectivity index (χ1) is 9.02. The molecule has 0 aliphatic heterocycles. The van der Waals surface area contributed by atoms with Crippen molar-refractivity contribution in [3.63, 3.8) is 0 Å². The molecule has 0 fully saturated rings. The van der Waals surface area contributed by atoms with Crippen molar-refractivity contribution >= 4 is 48.9 Å². The van der Waals surface area contributed by atoms with Gasteiger partial charge < -0.3 is 11.1 Å². The minimum atomic E-state index is -0.169. The highest BCUT2D eigenvalue weighted by Gasteiger charge is 2.17. The van der Waals surface area contributed by atoms with Gasteiger partial charge in [-0.1, -0.05) is 15.9 Å². The monoisotopic (exact) mass is 336 g/mol. The van der Waals surface area contributed by atoms with Gasteiger partial charge in [0.25, 0.3) is 5.91 Å². The Morgan fingerprint density at radius 2 is 2.37 bits per heavy atom. The Balaban J connectivity index is 2.33. The van der Waals surface area contributed by atoms with Crippen molar-refractivity contribution < 1.29 is 4.79 Å². The molecule has 1 unspecified atom stereocenters. The quantitative estimate of drug-likeness (QED) is 0.844. The van der Waals surface area contributed by atoms with Crippen molar-refractivity contribution in [3.8, 4) is 12.3 Å². The summed E-state index contributed by atoms with van der Waals surface area (Å²) in [5, 5.41) is 3.75. The number of halogens is 1. The van der Waals surface area contributed by atoms with Crippen LogP contribution in [0.3, 0.4) is 0 Å². The highest BCUT2D eigenvalue weighted by Crippen LogP contribution is 2.35. The van der Waals surface area contributed by atoms with E-state index >= 15 is 0 Å². The summed E-state index contributed by atoms with van der Waals surface area (Å²) < 4.78 is 1.94. The Morgan fingerprint density at radius 3 is 3.05 bits per heavy atom. The Labute approximate surface area is 124 Å². The van der Waals surface area contributed by atoms with Crippen molar-refractivity contribution in [2.24, 2.45) is 0 Å². The van der Waals surface area contributed by atoms with Crippen LogP contribution in [0, 0.1) is 12.3 Å².